The largest absolute Gasteiger partial charge is 0.396 e. The summed E-state index contributed by atoms with van der Waals surface area (Å²) in [5.41, 5.74) is 8.00. The van der Waals surface area contributed by atoms with Crippen LogP contribution >= 0.6 is 0 Å². The smallest absolute Gasteiger partial charge is 0.150 e. The SMILES string of the molecule is CCc1nn(C)c(N2CCCC(CCO)C2)c1N. The number of anilines is 2. The van der Waals surface area contributed by atoms with Crippen molar-refractivity contribution in [1.29, 1.82) is 0 Å². The van der Waals surface area contributed by atoms with Crippen molar-refractivity contribution in [2.24, 2.45) is 13.0 Å². The number of rotatable bonds is 4. The second-order valence-electron chi connectivity index (χ2n) is 5.13. The van der Waals surface area contributed by atoms with Crippen LogP contribution in [-0.4, -0.2) is 34.6 Å². The summed E-state index contributed by atoms with van der Waals surface area (Å²) in [6.07, 6.45) is 4.12. The second kappa shape index (κ2) is 5.61. The molecule has 0 amide bonds. The summed E-state index contributed by atoms with van der Waals surface area (Å²) in [5.74, 6) is 1.62. The molecule has 0 saturated carbocycles. The minimum atomic E-state index is 0.277. The van der Waals surface area contributed by atoms with Crippen LogP contribution in [0.3, 0.4) is 0 Å². The molecule has 1 aliphatic heterocycles. The summed E-state index contributed by atoms with van der Waals surface area (Å²) < 4.78 is 1.90. The van der Waals surface area contributed by atoms with Crippen LogP contribution in [0.25, 0.3) is 0 Å². The van der Waals surface area contributed by atoms with Gasteiger partial charge >= 0.3 is 0 Å². The van der Waals surface area contributed by atoms with E-state index in [1.165, 1.54) is 6.42 Å². The molecule has 5 nitrogen and oxygen atoms in total. The van der Waals surface area contributed by atoms with E-state index in [1.807, 2.05) is 11.7 Å². The average molecular weight is 252 g/mol. The van der Waals surface area contributed by atoms with Crippen LogP contribution in [0.2, 0.25) is 0 Å². The van der Waals surface area contributed by atoms with E-state index < -0.39 is 0 Å². The first-order chi connectivity index (χ1) is 8.67. The summed E-state index contributed by atoms with van der Waals surface area (Å²) >= 11 is 0. The molecule has 3 N–H and O–H groups in total. The predicted octanol–water partition coefficient (Wildman–Crippen LogP) is 1.16. The molecule has 2 rings (SSSR count). The molecule has 1 aliphatic rings. The van der Waals surface area contributed by atoms with E-state index in [-0.39, 0.29) is 6.61 Å². The number of aliphatic hydroxyl groups is 1. The Morgan fingerprint density at radius 1 is 1.50 bits per heavy atom. The van der Waals surface area contributed by atoms with Gasteiger partial charge in [-0.2, -0.15) is 5.10 Å². The number of aliphatic hydroxyl groups excluding tert-OH is 1. The lowest BCUT2D eigenvalue weighted by molar-refractivity contribution is 0.244. The summed E-state index contributed by atoms with van der Waals surface area (Å²) in [6.45, 7) is 4.37. The molecule has 0 radical (unpaired) electrons. The average Bonchev–Trinajstić information content (AvgIpc) is 2.65. The van der Waals surface area contributed by atoms with Crippen molar-refractivity contribution < 1.29 is 5.11 Å². The lowest BCUT2D eigenvalue weighted by Gasteiger charge is -2.34. The van der Waals surface area contributed by atoms with E-state index in [1.54, 1.807) is 0 Å². The van der Waals surface area contributed by atoms with Crippen LogP contribution in [0.15, 0.2) is 0 Å². The van der Waals surface area contributed by atoms with E-state index in [2.05, 4.69) is 16.9 Å². The molecule has 5 heteroatoms. The van der Waals surface area contributed by atoms with Gasteiger partial charge in [0.2, 0.25) is 0 Å². The Labute approximate surface area is 109 Å². The number of hydrogen-bond acceptors (Lipinski definition) is 4. The van der Waals surface area contributed by atoms with Crippen LogP contribution in [0.1, 0.15) is 31.9 Å². The maximum absolute atomic E-state index is 9.07. The molecule has 1 unspecified atom stereocenters. The molecular formula is C13H24N4O. The molecule has 1 atom stereocenters. The van der Waals surface area contributed by atoms with E-state index >= 15 is 0 Å². The number of nitrogen functional groups attached to an aromatic ring is 1. The third-order valence-corrected chi connectivity index (χ3v) is 3.82. The van der Waals surface area contributed by atoms with Crippen LogP contribution < -0.4 is 10.6 Å². The molecule has 0 spiro atoms. The maximum atomic E-state index is 9.07. The van der Waals surface area contributed by atoms with E-state index in [4.69, 9.17) is 10.8 Å². The van der Waals surface area contributed by atoms with Crippen LogP contribution in [-0.2, 0) is 13.5 Å². The van der Waals surface area contributed by atoms with Crippen molar-refractivity contribution >= 4 is 11.5 Å². The highest BCUT2D eigenvalue weighted by atomic mass is 16.3. The molecule has 0 bridgehead atoms. The predicted molar refractivity (Wildman–Crippen MR) is 73.6 cm³/mol. The highest BCUT2D eigenvalue weighted by Crippen LogP contribution is 2.31. The minimum Gasteiger partial charge on any atom is -0.396 e. The Kier molecular flexibility index (Phi) is 4.11. The lowest BCUT2D eigenvalue weighted by Crippen LogP contribution is -2.37. The fourth-order valence-electron chi connectivity index (χ4n) is 2.90. The van der Waals surface area contributed by atoms with Crippen molar-refractivity contribution in [2.75, 3.05) is 30.3 Å². The van der Waals surface area contributed by atoms with Gasteiger partial charge in [0.25, 0.3) is 0 Å². The molecule has 1 aromatic rings. The molecule has 18 heavy (non-hydrogen) atoms. The fraction of sp³-hybridized carbons (Fsp3) is 0.769. The highest BCUT2D eigenvalue weighted by Gasteiger charge is 2.24. The van der Waals surface area contributed by atoms with Gasteiger partial charge in [-0.25, -0.2) is 0 Å². The molecular weight excluding hydrogens is 228 g/mol. The third kappa shape index (κ3) is 2.46. The number of hydrogen-bond donors (Lipinski definition) is 2. The number of nitrogens with two attached hydrogens (primary N) is 1. The zero-order valence-electron chi connectivity index (χ0n) is 11.4. The van der Waals surface area contributed by atoms with Gasteiger partial charge < -0.3 is 15.7 Å². The zero-order chi connectivity index (χ0) is 13.1. The van der Waals surface area contributed by atoms with Crippen LogP contribution in [0.4, 0.5) is 11.5 Å². The topological polar surface area (TPSA) is 67.3 Å². The molecule has 0 aromatic carbocycles. The molecule has 1 fully saturated rings. The Hall–Kier alpha value is -1.23. The Bertz CT molecular complexity index is 400. The van der Waals surface area contributed by atoms with Gasteiger partial charge in [-0.1, -0.05) is 6.92 Å². The van der Waals surface area contributed by atoms with Gasteiger partial charge in [-0.3, -0.25) is 4.68 Å². The van der Waals surface area contributed by atoms with Crippen molar-refractivity contribution in [3.63, 3.8) is 0 Å². The van der Waals surface area contributed by atoms with Crippen molar-refractivity contribution in [3.05, 3.63) is 5.69 Å². The van der Waals surface area contributed by atoms with E-state index in [9.17, 15) is 0 Å². The van der Waals surface area contributed by atoms with Gasteiger partial charge in [-0.15, -0.1) is 0 Å². The third-order valence-electron chi connectivity index (χ3n) is 3.82. The Morgan fingerprint density at radius 2 is 2.28 bits per heavy atom. The number of aromatic nitrogens is 2. The van der Waals surface area contributed by atoms with Crippen molar-refractivity contribution in [2.45, 2.75) is 32.6 Å². The van der Waals surface area contributed by atoms with Gasteiger partial charge in [0.15, 0.2) is 0 Å². The summed E-state index contributed by atoms with van der Waals surface area (Å²) in [7, 11) is 1.96. The Balaban J connectivity index is 2.18. The highest BCUT2D eigenvalue weighted by molar-refractivity contribution is 5.66. The van der Waals surface area contributed by atoms with Crippen molar-refractivity contribution in [1.82, 2.24) is 9.78 Å². The summed E-state index contributed by atoms with van der Waals surface area (Å²) in [6, 6.07) is 0. The maximum Gasteiger partial charge on any atom is 0.150 e. The standard InChI is InChI=1S/C13H24N4O/c1-3-11-12(14)13(16(2)15-11)17-7-4-5-10(9-17)6-8-18/h10,18H,3-9,14H2,1-2H3. The van der Waals surface area contributed by atoms with Gasteiger partial charge in [0.1, 0.15) is 5.82 Å². The van der Waals surface area contributed by atoms with E-state index in [0.29, 0.717) is 5.92 Å². The van der Waals surface area contributed by atoms with E-state index in [0.717, 1.165) is 49.6 Å². The van der Waals surface area contributed by atoms with Crippen molar-refractivity contribution in [3.8, 4) is 0 Å². The minimum absolute atomic E-state index is 0.277. The normalized spacial score (nSPS) is 20.4. The van der Waals surface area contributed by atoms with Gasteiger partial charge in [0, 0.05) is 26.7 Å². The first kappa shape index (κ1) is 13.2. The number of piperidine rings is 1. The number of aryl methyl sites for hydroxylation is 2. The lowest BCUT2D eigenvalue weighted by atomic mass is 9.95. The first-order valence-corrected chi connectivity index (χ1v) is 6.84. The molecule has 1 aromatic heterocycles. The van der Waals surface area contributed by atoms with Gasteiger partial charge in [0.05, 0.1) is 11.4 Å². The zero-order valence-corrected chi connectivity index (χ0v) is 11.4. The summed E-state index contributed by atoms with van der Waals surface area (Å²) in [4.78, 5) is 2.32. The quantitative estimate of drug-likeness (QED) is 0.844. The summed E-state index contributed by atoms with van der Waals surface area (Å²) in [5, 5.41) is 13.5. The first-order valence-electron chi connectivity index (χ1n) is 6.84. The van der Waals surface area contributed by atoms with Crippen LogP contribution in [0.5, 0.6) is 0 Å². The molecule has 2 heterocycles. The molecule has 102 valence electrons. The van der Waals surface area contributed by atoms with Gasteiger partial charge in [-0.05, 0) is 31.6 Å². The monoisotopic (exact) mass is 252 g/mol. The molecule has 0 aliphatic carbocycles. The Morgan fingerprint density at radius 3 is 2.89 bits per heavy atom. The number of nitrogens with zero attached hydrogens (tertiary/aromatic N) is 3. The molecule has 1 saturated heterocycles. The van der Waals surface area contributed by atoms with Crippen LogP contribution in [0, 0.1) is 5.92 Å². The second-order valence-corrected chi connectivity index (χ2v) is 5.13. The fourth-order valence-corrected chi connectivity index (χ4v) is 2.90.